The lowest BCUT2D eigenvalue weighted by Crippen LogP contribution is -2.09. The molecule has 0 saturated carbocycles. The Labute approximate surface area is 141 Å². The molecule has 0 nitrogen and oxygen atoms in total. The summed E-state index contributed by atoms with van der Waals surface area (Å²) in [5, 5.41) is 0. The molecule has 24 heavy (non-hydrogen) atoms. The van der Waals surface area contributed by atoms with E-state index in [1.807, 2.05) is 0 Å². The monoisotopic (exact) mass is 330 g/mol. The molecule has 0 saturated heterocycles. The molecular formula is C21H21F3. The quantitative estimate of drug-likeness (QED) is 0.441. The van der Waals surface area contributed by atoms with Gasteiger partial charge in [0.15, 0.2) is 0 Å². The zero-order valence-electron chi connectivity index (χ0n) is 13.8. The van der Waals surface area contributed by atoms with E-state index in [1.165, 1.54) is 42.3 Å². The molecule has 0 unspecified atom stereocenters. The number of allylic oxidation sites excluding steroid dienone is 2. The molecule has 0 spiro atoms. The average molecular weight is 330 g/mol. The summed E-state index contributed by atoms with van der Waals surface area (Å²) in [7, 11) is 0. The highest BCUT2D eigenvalue weighted by molar-refractivity contribution is 5.67. The minimum absolute atomic E-state index is 0.0587. The zero-order valence-corrected chi connectivity index (χ0v) is 13.8. The standard InChI is InChI=1S/C21H21F3/c1-2-3-4-5-14-6-11-18-16(12-14)13-19(23)20(21(18)24)15-7-9-17(22)10-8-15/h6-10,13H,2-5,11-12H2,1H3. The number of hydrogen-bond acceptors (Lipinski definition) is 0. The predicted molar refractivity (Wildman–Crippen MR) is 91.4 cm³/mol. The summed E-state index contributed by atoms with van der Waals surface area (Å²) >= 11 is 0. The third-order valence-electron chi connectivity index (χ3n) is 4.66. The fraction of sp³-hybridized carbons (Fsp3) is 0.333. The van der Waals surface area contributed by atoms with Gasteiger partial charge in [-0.3, -0.25) is 0 Å². The summed E-state index contributed by atoms with van der Waals surface area (Å²) in [6, 6.07) is 6.72. The van der Waals surface area contributed by atoms with Gasteiger partial charge in [0.05, 0.1) is 5.56 Å². The Hall–Kier alpha value is -2.03. The number of halogens is 3. The number of benzene rings is 2. The van der Waals surface area contributed by atoms with Crippen LogP contribution in [0.25, 0.3) is 11.1 Å². The van der Waals surface area contributed by atoms with Gasteiger partial charge in [0, 0.05) is 0 Å². The van der Waals surface area contributed by atoms with Crippen molar-refractivity contribution in [1.82, 2.24) is 0 Å². The summed E-state index contributed by atoms with van der Waals surface area (Å²) in [6.45, 7) is 2.16. The van der Waals surface area contributed by atoms with E-state index in [9.17, 15) is 13.2 Å². The first kappa shape index (κ1) is 16.8. The zero-order chi connectivity index (χ0) is 17.1. The first-order valence-electron chi connectivity index (χ1n) is 8.53. The maximum absolute atomic E-state index is 14.9. The Morgan fingerprint density at radius 1 is 1.00 bits per heavy atom. The van der Waals surface area contributed by atoms with Crippen molar-refractivity contribution in [2.45, 2.75) is 45.4 Å². The molecule has 0 amide bonds. The van der Waals surface area contributed by atoms with Crippen LogP contribution in [-0.2, 0) is 12.8 Å². The molecule has 1 aliphatic carbocycles. The van der Waals surface area contributed by atoms with Crippen molar-refractivity contribution in [3.05, 3.63) is 70.6 Å². The summed E-state index contributed by atoms with van der Waals surface area (Å²) in [5.41, 5.74) is 2.88. The SMILES string of the molecule is CCCCCC1=CCc2c(cc(F)c(-c3ccc(F)cc3)c2F)C1. The van der Waals surface area contributed by atoms with Crippen molar-refractivity contribution in [2.24, 2.45) is 0 Å². The van der Waals surface area contributed by atoms with Crippen LogP contribution in [0.2, 0.25) is 0 Å². The van der Waals surface area contributed by atoms with Crippen LogP contribution in [0.15, 0.2) is 42.0 Å². The van der Waals surface area contributed by atoms with Crippen LogP contribution in [0.3, 0.4) is 0 Å². The Kier molecular flexibility index (Phi) is 5.08. The molecule has 0 radical (unpaired) electrons. The molecule has 3 rings (SSSR count). The van der Waals surface area contributed by atoms with Gasteiger partial charge < -0.3 is 0 Å². The average Bonchev–Trinajstić information content (AvgIpc) is 2.56. The Morgan fingerprint density at radius 2 is 1.75 bits per heavy atom. The van der Waals surface area contributed by atoms with Crippen molar-refractivity contribution < 1.29 is 13.2 Å². The molecule has 3 heteroatoms. The van der Waals surface area contributed by atoms with Gasteiger partial charge in [-0.1, -0.05) is 43.5 Å². The lowest BCUT2D eigenvalue weighted by Gasteiger charge is -2.20. The second-order valence-electron chi connectivity index (χ2n) is 6.39. The topological polar surface area (TPSA) is 0 Å². The van der Waals surface area contributed by atoms with Crippen LogP contribution in [0.4, 0.5) is 13.2 Å². The van der Waals surface area contributed by atoms with Crippen LogP contribution < -0.4 is 0 Å². The van der Waals surface area contributed by atoms with Gasteiger partial charge in [0.1, 0.15) is 17.5 Å². The highest BCUT2D eigenvalue weighted by Crippen LogP contribution is 2.34. The lowest BCUT2D eigenvalue weighted by molar-refractivity contribution is 0.574. The van der Waals surface area contributed by atoms with Gasteiger partial charge in [-0.05, 0) is 60.6 Å². The number of rotatable bonds is 5. The molecule has 1 aliphatic rings. The van der Waals surface area contributed by atoms with E-state index in [0.29, 0.717) is 24.0 Å². The molecule has 0 atom stereocenters. The number of unbranched alkanes of at least 4 members (excludes halogenated alkanes) is 2. The molecule has 0 heterocycles. The van der Waals surface area contributed by atoms with Gasteiger partial charge in [0.2, 0.25) is 0 Å². The van der Waals surface area contributed by atoms with Crippen LogP contribution in [0, 0.1) is 17.5 Å². The Balaban J connectivity index is 1.90. The van der Waals surface area contributed by atoms with Gasteiger partial charge in [0.25, 0.3) is 0 Å². The third kappa shape index (κ3) is 3.40. The van der Waals surface area contributed by atoms with E-state index in [-0.39, 0.29) is 5.56 Å². The molecule has 2 aromatic carbocycles. The highest BCUT2D eigenvalue weighted by atomic mass is 19.1. The molecule has 0 fully saturated rings. The number of hydrogen-bond donors (Lipinski definition) is 0. The summed E-state index contributed by atoms with van der Waals surface area (Å²) < 4.78 is 42.4. The van der Waals surface area contributed by atoms with Crippen LogP contribution in [-0.4, -0.2) is 0 Å². The van der Waals surface area contributed by atoms with E-state index >= 15 is 0 Å². The molecule has 0 aromatic heterocycles. The Morgan fingerprint density at radius 3 is 2.46 bits per heavy atom. The molecule has 0 N–H and O–H groups in total. The first-order chi connectivity index (χ1) is 11.6. The van der Waals surface area contributed by atoms with Crippen molar-refractivity contribution in [2.75, 3.05) is 0 Å². The molecular weight excluding hydrogens is 309 g/mol. The predicted octanol–water partition coefficient (Wildman–Crippen LogP) is 6.38. The molecule has 2 aromatic rings. The first-order valence-corrected chi connectivity index (χ1v) is 8.53. The van der Waals surface area contributed by atoms with Gasteiger partial charge in [-0.15, -0.1) is 0 Å². The largest absolute Gasteiger partial charge is 0.207 e. The van der Waals surface area contributed by atoms with E-state index in [4.69, 9.17) is 0 Å². The van der Waals surface area contributed by atoms with Crippen molar-refractivity contribution in [3.63, 3.8) is 0 Å². The summed E-state index contributed by atoms with van der Waals surface area (Å²) in [5.74, 6) is -1.51. The minimum Gasteiger partial charge on any atom is -0.207 e. The van der Waals surface area contributed by atoms with Gasteiger partial charge in [-0.25, -0.2) is 13.2 Å². The van der Waals surface area contributed by atoms with Gasteiger partial charge >= 0.3 is 0 Å². The van der Waals surface area contributed by atoms with Crippen molar-refractivity contribution in [1.29, 1.82) is 0 Å². The maximum Gasteiger partial charge on any atom is 0.137 e. The van der Waals surface area contributed by atoms with E-state index in [1.54, 1.807) is 0 Å². The highest BCUT2D eigenvalue weighted by Gasteiger charge is 2.22. The number of fused-ring (bicyclic) bond motifs is 1. The third-order valence-corrected chi connectivity index (χ3v) is 4.66. The molecule has 0 aliphatic heterocycles. The van der Waals surface area contributed by atoms with Gasteiger partial charge in [-0.2, -0.15) is 0 Å². The lowest BCUT2D eigenvalue weighted by atomic mass is 9.86. The second-order valence-corrected chi connectivity index (χ2v) is 6.39. The smallest absolute Gasteiger partial charge is 0.137 e. The fourth-order valence-corrected chi connectivity index (χ4v) is 3.32. The van der Waals surface area contributed by atoms with Crippen molar-refractivity contribution >= 4 is 0 Å². The van der Waals surface area contributed by atoms with Crippen molar-refractivity contribution in [3.8, 4) is 11.1 Å². The normalized spacial score (nSPS) is 13.6. The van der Waals surface area contributed by atoms with E-state index in [0.717, 1.165) is 24.8 Å². The second kappa shape index (κ2) is 7.25. The van der Waals surface area contributed by atoms with E-state index < -0.39 is 17.5 Å². The minimum atomic E-state index is -0.576. The summed E-state index contributed by atoms with van der Waals surface area (Å²) in [6.07, 6.45) is 7.65. The van der Waals surface area contributed by atoms with Crippen LogP contribution in [0.1, 0.15) is 43.7 Å². The van der Waals surface area contributed by atoms with Crippen LogP contribution >= 0.6 is 0 Å². The molecule has 0 bridgehead atoms. The van der Waals surface area contributed by atoms with E-state index in [2.05, 4.69) is 13.0 Å². The van der Waals surface area contributed by atoms with Crippen LogP contribution in [0.5, 0.6) is 0 Å². The maximum atomic E-state index is 14.9. The fourth-order valence-electron chi connectivity index (χ4n) is 3.32. The molecule has 126 valence electrons. The summed E-state index contributed by atoms with van der Waals surface area (Å²) in [4.78, 5) is 0. The Bertz CT molecular complexity index is 758.